The molecule has 19 heavy (non-hydrogen) atoms. The summed E-state index contributed by atoms with van der Waals surface area (Å²) in [4.78, 5) is 23.0. The van der Waals surface area contributed by atoms with Gasteiger partial charge in [0.25, 0.3) is 0 Å². The quantitative estimate of drug-likeness (QED) is 0.644. The van der Waals surface area contributed by atoms with Crippen LogP contribution in [0.3, 0.4) is 0 Å². The largest absolute Gasteiger partial charge is 0.480 e. The first kappa shape index (κ1) is 13.9. The third-order valence-electron chi connectivity index (χ3n) is 4.08. The Balaban J connectivity index is 1.75. The molecule has 0 aliphatic heterocycles. The minimum atomic E-state index is -1.13. The first-order valence-electron chi connectivity index (χ1n) is 6.99. The summed E-state index contributed by atoms with van der Waals surface area (Å²) in [5, 5.41) is 14.6. The number of aliphatic carboxylic acids is 1. The highest BCUT2D eigenvalue weighted by atomic mass is 16.4. The van der Waals surface area contributed by atoms with Gasteiger partial charge in [0.15, 0.2) is 0 Å². The van der Waals surface area contributed by atoms with Crippen molar-refractivity contribution < 1.29 is 14.7 Å². The van der Waals surface area contributed by atoms with Crippen molar-refractivity contribution in [3.05, 3.63) is 11.6 Å². The van der Waals surface area contributed by atoms with Crippen LogP contribution in [-0.2, 0) is 4.79 Å². The van der Waals surface area contributed by atoms with Gasteiger partial charge in [-0.2, -0.15) is 0 Å². The molecular weight excluding hydrogens is 244 g/mol. The lowest BCUT2D eigenvalue weighted by atomic mass is 9.96. The molecule has 1 fully saturated rings. The van der Waals surface area contributed by atoms with Crippen LogP contribution in [0.5, 0.6) is 0 Å². The molecule has 0 saturated heterocycles. The van der Waals surface area contributed by atoms with Gasteiger partial charge < -0.3 is 15.7 Å². The van der Waals surface area contributed by atoms with Gasteiger partial charge in [-0.1, -0.05) is 11.6 Å². The molecule has 0 aromatic heterocycles. The van der Waals surface area contributed by atoms with E-state index in [1.807, 2.05) is 0 Å². The Bertz CT molecular complexity index is 401. The maximum atomic E-state index is 11.8. The number of carboxylic acids is 1. The summed E-state index contributed by atoms with van der Waals surface area (Å²) in [5.41, 5.74) is 0.264. The molecule has 0 aromatic carbocycles. The number of nitrogens with one attached hydrogen (secondary N) is 2. The maximum Gasteiger partial charge on any atom is 0.329 e. The molecule has 1 unspecified atom stereocenters. The van der Waals surface area contributed by atoms with Crippen LogP contribution in [-0.4, -0.2) is 29.2 Å². The molecule has 0 radical (unpaired) electrons. The number of carboxylic acid groups (broad SMARTS) is 1. The number of carbonyl (C=O) groups excluding carboxylic acids is 1. The number of rotatable bonds is 6. The van der Waals surface area contributed by atoms with Crippen molar-refractivity contribution in [2.75, 3.05) is 6.54 Å². The maximum absolute atomic E-state index is 11.8. The summed E-state index contributed by atoms with van der Waals surface area (Å²) in [7, 11) is 0. The molecule has 3 N–H and O–H groups in total. The van der Waals surface area contributed by atoms with Crippen molar-refractivity contribution in [3.63, 3.8) is 0 Å². The van der Waals surface area contributed by atoms with E-state index in [9.17, 15) is 14.7 Å². The lowest BCUT2D eigenvalue weighted by Crippen LogP contribution is -2.56. The lowest BCUT2D eigenvalue weighted by Gasteiger charge is -2.26. The van der Waals surface area contributed by atoms with Crippen LogP contribution < -0.4 is 10.6 Å². The van der Waals surface area contributed by atoms with Gasteiger partial charge >= 0.3 is 12.0 Å². The Kier molecular flexibility index (Phi) is 4.12. The van der Waals surface area contributed by atoms with Crippen LogP contribution >= 0.6 is 0 Å². The van der Waals surface area contributed by atoms with E-state index in [0.717, 1.165) is 32.1 Å². The molecule has 2 aliphatic rings. The monoisotopic (exact) mass is 266 g/mol. The minimum absolute atomic E-state index is 0.0632. The van der Waals surface area contributed by atoms with Crippen LogP contribution in [0.25, 0.3) is 0 Å². The molecule has 0 bridgehead atoms. The normalized spacial score (nSPS) is 21.4. The van der Waals surface area contributed by atoms with Gasteiger partial charge in [0, 0.05) is 6.54 Å². The summed E-state index contributed by atoms with van der Waals surface area (Å²) in [6.07, 6.45) is 8.30. The van der Waals surface area contributed by atoms with Crippen molar-refractivity contribution in [3.8, 4) is 0 Å². The Morgan fingerprint density at radius 1 is 1.47 bits per heavy atom. The van der Waals surface area contributed by atoms with Gasteiger partial charge in [0.1, 0.15) is 5.54 Å². The Morgan fingerprint density at radius 2 is 2.21 bits per heavy atom. The average molecular weight is 266 g/mol. The van der Waals surface area contributed by atoms with Gasteiger partial charge in [-0.25, -0.2) is 9.59 Å². The molecule has 0 aromatic rings. The Labute approximate surface area is 113 Å². The first-order chi connectivity index (χ1) is 9.02. The minimum Gasteiger partial charge on any atom is -0.480 e. The van der Waals surface area contributed by atoms with E-state index in [1.165, 1.54) is 12.0 Å². The number of allylic oxidation sites excluding steroid dienone is 1. The second-order valence-electron chi connectivity index (χ2n) is 5.67. The number of hydrogen-bond donors (Lipinski definition) is 3. The number of amides is 2. The van der Waals surface area contributed by atoms with Crippen LogP contribution in [0.4, 0.5) is 4.79 Å². The second kappa shape index (κ2) is 5.63. The van der Waals surface area contributed by atoms with Gasteiger partial charge in [0.2, 0.25) is 0 Å². The summed E-state index contributed by atoms with van der Waals surface area (Å²) in [6, 6.07) is -0.379. The molecule has 0 heterocycles. The molecule has 5 heteroatoms. The molecule has 106 valence electrons. The molecule has 1 saturated carbocycles. The van der Waals surface area contributed by atoms with Crippen LogP contribution in [0.1, 0.15) is 45.4 Å². The van der Waals surface area contributed by atoms with Crippen molar-refractivity contribution in [1.29, 1.82) is 0 Å². The zero-order valence-corrected chi connectivity index (χ0v) is 11.4. The first-order valence-corrected chi connectivity index (χ1v) is 6.99. The van der Waals surface area contributed by atoms with Gasteiger partial charge in [0.05, 0.1) is 0 Å². The molecule has 1 atom stereocenters. The number of carbonyl (C=O) groups is 2. The summed E-state index contributed by atoms with van der Waals surface area (Å²) < 4.78 is 0. The SMILES string of the molecule is CC(NC(=O)NCCC1=CCCC1)(C(=O)O)C1CC1. The highest BCUT2D eigenvalue weighted by Gasteiger charge is 2.48. The third-order valence-corrected chi connectivity index (χ3v) is 4.08. The highest BCUT2D eigenvalue weighted by Crippen LogP contribution is 2.39. The van der Waals surface area contributed by atoms with Gasteiger partial charge in [-0.15, -0.1) is 0 Å². The predicted molar refractivity (Wildman–Crippen MR) is 71.9 cm³/mol. The average Bonchev–Trinajstić information content (AvgIpc) is 3.08. The Morgan fingerprint density at radius 3 is 2.74 bits per heavy atom. The van der Waals surface area contributed by atoms with E-state index >= 15 is 0 Å². The summed E-state index contributed by atoms with van der Waals surface area (Å²) >= 11 is 0. The van der Waals surface area contributed by atoms with Crippen LogP contribution in [0.2, 0.25) is 0 Å². The van der Waals surface area contributed by atoms with Crippen molar-refractivity contribution >= 4 is 12.0 Å². The zero-order valence-electron chi connectivity index (χ0n) is 11.4. The van der Waals surface area contributed by atoms with E-state index in [0.29, 0.717) is 6.54 Å². The Hall–Kier alpha value is -1.52. The fourth-order valence-electron chi connectivity index (χ4n) is 2.57. The van der Waals surface area contributed by atoms with E-state index in [2.05, 4.69) is 16.7 Å². The fourth-order valence-corrected chi connectivity index (χ4v) is 2.57. The number of urea groups is 1. The number of hydrogen-bond acceptors (Lipinski definition) is 2. The summed E-state index contributed by atoms with van der Waals surface area (Å²) in [5.74, 6) is -0.892. The lowest BCUT2D eigenvalue weighted by molar-refractivity contribution is -0.144. The smallest absolute Gasteiger partial charge is 0.329 e. The predicted octanol–water partition coefficient (Wildman–Crippen LogP) is 2.04. The topological polar surface area (TPSA) is 78.4 Å². The fraction of sp³-hybridized carbons (Fsp3) is 0.714. The highest BCUT2D eigenvalue weighted by molar-refractivity contribution is 5.86. The molecule has 2 aliphatic carbocycles. The van der Waals surface area contributed by atoms with E-state index in [-0.39, 0.29) is 11.9 Å². The van der Waals surface area contributed by atoms with E-state index < -0.39 is 11.5 Å². The molecule has 2 amide bonds. The van der Waals surface area contributed by atoms with E-state index in [1.54, 1.807) is 6.92 Å². The molecule has 5 nitrogen and oxygen atoms in total. The van der Waals surface area contributed by atoms with Crippen molar-refractivity contribution in [2.45, 2.75) is 51.0 Å². The summed E-state index contributed by atoms with van der Waals surface area (Å²) in [6.45, 7) is 2.16. The van der Waals surface area contributed by atoms with Crippen molar-refractivity contribution in [1.82, 2.24) is 10.6 Å². The van der Waals surface area contributed by atoms with Crippen LogP contribution in [0.15, 0.2) is 11.6 Å². The van der Waals surface area contributed by atoms with Gasteiger partial charge in [-0.05, 0) is 51.4 Å². The molecule has 2 rings (SSSR count). The standard InChI is InChI=1S/C14H22N2O3/c1-14(12(17)18,11-6-7-11)16-13(19)15-9-8-10-4-2-3-5-10/h4,11H,2-3,5-9H2,1H3,(H,17,18)(H2,15,16,19). The second-order valence-corrected chi connectivity index (χ2v) is 5.67. The van der Waals surface area contributed by atoms with Crippen LogP contribution in [0, 0.1) is 5.92 Å². The zero-order chi connectivity index (χ0) is 13.9. The molecule has 0 spiro atoms. The van der Waals surface area contributed by atoms with Gasteiger partial charge in [-0.3, -0.25) is 0 Å². The van der Waals surface area contributed by atoms with Crippen molar-refractivity contribution in [2.24, 2.45) is 5.92 Å². The third kappa shape index (κ3) is 3.49. The molecular formula is C14H22N2O3. The van der Waals surface area contributed by atoms with E-state index in [4.69, 9.17) is 0 Å².